The number of hydrogen-bond donors (Lipinski definition) is 0. The van der Waals surface area contributed by atoms with E-state index in [1.807, 2.05) is 36.9 Å². The molecule has 13 heteroatoms. The van der Waals surface area contributed by atoms with E-state index in [4.69, 9.17) is 0 Å². The Hall–Kier alpha value is -1.96. The largest absolute Gasteiger partial charge is 0.534 e. The molecule has 1 aliphatic rings. The fourth-order valence-corrected chi connectivity index (χ4v) is 7.14. The van der Waals surface area contributed by atoms with E-state index in [2.05, 4.69) is 4.18 Å². The summed E-state index contributed by atoms with van der Waals surface area (Å²) in [6, 6.07) is 11.3. The van der Waals surface area contributed by atoms with Crippen LogP contribution in [0.4, 0.5) is 24.5 Å². The number of benzene rings is 2. The highest BCUT2D eigenvalue weighted by molar-refractivity contribution is 7.98. The fourth-order valence-electron chi connectivity index (χ4n) is 4.31. The van der Waals surface area contributed by atoms with Crippen molar-refractivity contribution in [2.75, 3.05) is 24.7 Å². The van der Waals surface area contributed by atoms with Crippen LogP contribution in [-0.2, 0) is 20.1 Å². The molecule has 1 unspecified atom stereocenters. The number of fused-ring (bicyclic) bond motifs is 1. The molecule has 2 aromatic carbocycles. The Balaban J connectivity index is 2.34. The Morgan fingerprint density at radius 1 is 1.14 bits per heavy atom. The van der Waals surface area contributed by atoms with Crippen LogP contribution in [0.1, 0.15) is 39.5 Å². The van der Waals surface area contributed by atoms with Crippen molar-refractivity contribution in [1.82, 2.24) is 4.31 Å². The minimum atomic E-state index is -6.01. The second-order valence-electron chi connectivity index (χ2n) is 8.53. The van der Waals surface area contributed by atoms with E-state index >= 15 is 0 Å². The summed E-state index contributed by atoms with van der Waals surface area (Å²) in [5, 5.41) is 0. The summed E-state index contributed by atoms with van der Waals surface area (Å²) in [5.74, 6) is -0.693. The fraction of sp³-hybridized carbons (Fsp3) is 0.478. The van der Waals surface area contributed by atoms with E-state index in [0.717, 1.165) is 30.7 Å². The van der Waals surface area contributed by atoms with Gasteiger partial charge in [-0.15, -0.1) is 11.8 Å². The molecule has 7 nitrogen and oxygen atoms in total. The second kappa shape index (κ2) is 10.4. The van der Waals surface area contributed by atoms with E-state index in [1.54, 1.807) is 12.1 Å². The van der Waals surface area contributed by atoms with Gasteiger partial charge in [-0.25, -0.2) is 8.42 Å². The summed E-state index contributed by atoms with van der Waals surface area (Å²) in [4.78, 5) is 1.56. The molecule has 0 radical (unpaired) electrons. The second-order valence-corrected chi connectivity index (χ2v) is 12.9. The normalized spacial score (nSPS) is 20.6. The van der Waals surface area contributed by atoms with E-state index in [0.29, 0.717) is 25.1 Å². The SMILES string of the molecule is CCCCC1(CC)CN(c2ccccc2)c2cc(SC)c(OS(=O)(=O)C(F)(F)F)cc2S(=O)(=O)N1C. The predicted molar refractivity (Wildman–Crippen MR) is 135 cm³/mol. The van der Waals surface area contributed by atoms with Crippen LogP contribution >= 0.6 is 11.8 Å². The summed E-state index contributed by atoms with van der Waals surface area (Å²) in [5.41, 5.74) is -5.55. The number of anilines is 2. The van der Waals surface area contributed by atoms with E-state index in [1.165, 1.54) is 23.7 Å². The number of thioether (sulfide) groups is 1. The third-order valence-electron chi connectivity index (χ3n) is 6.50. The maximum atomic E-state index is 13.9. The van der Waals surface area contributed by atoms with Crippen molar-refractivity contribution in [3.05, 3.63) is 42.5 Å². The van der Waals surface area contributed by atoms with Gasteiger partial charge in [-0.3, -0.25) is 0 Å². The summed E-state index contributed by atoms with van der Waals surface area (Å²) < 4.78 is 96.3. The molecule has 1 aliphatic heterocycles. The molecule has 0 aliphatic carbocycles. The zero-order chi connectivity index (χ0) is 26.9. The van der Waals surface area contributed by atoms with Crippen molar-refractivity contribution in [3.63, 3.8) is 0 Å². The lowest BCUT2D eigenvalue weighted by Gasteiger charge is -2.41. The van der Waals surface area contributed by atoms with Crippen molar-refractivity contribution in [3.8, 4) is 5.75 Å². The first-order valence-corrected chi connectivity index (χ1v) is 15.4. The molecule has 1 heterocycles. The van der Waals surface area contributed by atoms with Crippen LogP contribution in [0.3, 0.4) is 0 Å². The van der Waals surface area contributed by atoms with Crippen molar-refractivity contribution in [2.24, 2.45) is 0 Å². The molecule has 2 aromatic rings. The molecule has 0 N–H and O–H groups in total. The molecular formula is C23H29F3N2O5S3. The van der Waals surface area contributed by atoms with E-state index in [9.17, 15) is 30.0 Å². The molecule has 0 saturated heterocycles. The summed E-state index contributed by atoms with van der Waals surface area (Å²) >= 11 is 0.952. The first-order chi connectivity index (χ1) is 16.7. The average molecular weight is 567 g/mol. The quantitative estimate of drug-likeness (QED) is 0.229. The maximum absolute atomic E-state index is 13.9. The van der Waals surface area contributed by atoms with Crippen LogP contribution in [0.5, 0.6) is 5.75 Å². The van der Waals surface area contributed by atoms with Crippen LogP contribution in [0.2, 0.25) is 0 Å². The highest BCUT2D eigenvalue weighted by atomic mass is 32.2. The van der Waals surface area contributed by atoms with Gasteiger partial charge in [0.25, 0.3) is 0 Å². The number of nitrogens with zero attached hydrogens (tertiary/aromatic N) is 2. The summed E-state index contributed by atoms with van der Waals surface area (Å²) in [6.45, 7) is 4.21. The van der Waals surface area contributed by atoms with E-state index in [-0.39, 0.29) is 15.5 Å². The number of halogens is 3. The number of para-hydroxylation sites is 1. The van der Waals surface area contributed by atoms with Gasteiger partial charge in [-0.05, 0) is 37.3 Å². The smallest absolute Gasteiger partial charge is 0.375 e. The Morgan fingerprint density at radius 3 is 2.31 bits per heavy atom. The third-order valence-corrected chi connectivity index (χ3v) is 10.2. The maximum Gasteiger partial charge on any atom is 0.534 e. The van der Waals surface area contributed by atoms with Gasteiger partial charge in [0.05, 0.1) is 16.1 Å². The van der Waals surface area contributed by atoms with Gasteiger partial charge in [0.15, 0.2) is 5.75 Å². The van der Waals surface area contributed by atoms with Crippen molar-refractivity contribution in [2.45, 2.75) is 60.4 Å². The highest BCUT2D eigenvalue weighted by Crippen LogP contribution is 2.47. The number of hydrogen-bond acceptors (Lipinski definition) is 7. The van der Waals surface area contributed by atoms with Gasteiger partial charge < -0.3 is 9.08 Å². The topological polar surface area (TPSA) is 84.0 Å². The van der Waals surface area contributed by atoms with Crippen molar-refractivity contribution in [1.29, 1.82) is 0 Å². The van der Waals surface area contributed by atoms with Crippen LogP contribution in [0, 0.1) is 0 Å². The lowest BCUT2D eigenvalue weighted by atomic mass is 9.88. The minimum absolute atomic E-state index is 0.0536. The third kappa shape index (κ3) is 5.20. The molecule has 0 bridgehead atoms. The zero-order valence-electron chi connectivity index (χ0n) is 20.4. The molecule has 0 spiro atoms. The molecule has 1 atom stereocenters. The van der Waals surface area contributed by atoms with Gasteiger partial charge >= 0.3 is 15.6 Å². The Kier molecular flexibility index (Phi) is 8.28. The highest BCUT2D eigenvalue weighted by Gasteiger charge is 2.50. The van der Waals surface area contributed by atoms with E-state index < -0.39 is 36.9 Å². The van der Waals surface area contributed by atoms with Gasteiger partial charge in [-0.1, -0.05) is 44.9 Å². The number of sulfonamides is 1. The molecule has 200 valence electrons. The molecular weight excluding hydrogens is 537 g/mol. The predicted octanol–water partition coefficient (Wildman–Crippen LogP) is 5.75. The number of unbranched alkanes of at least 4 members (excludes halogenated alkanes) is 1. The van der Waals surface area contributed by atoms with Crippen LogP contribution in [-0.4, -0.2) is 52.0 Å². The Labute approximate surface area is 214 Å². The van der Waals surface area contributed by atoms with Crippen LogP contribution < -0.4 is 9.08 Å². The summed E-state index contributed by atoms with van der Waals surface area (Å²) in [7, 11) is -8.81. The molecule has 0 saturated carbocycles. The number of rotatable bonds is 8. The Morgan fingerprint density at radius 2 is 1.78 bits per heavy atom. The molecule has 36 heavy (non-hydrogen) atoms. The lowest BCUT2D eigenvalue weighted by molar-refractivity contribution is -0.0500. The first-order valence-electron chi connectivity index (χ1n) is 11.3. The van der Waals surface area contributed by atoms with Crippen LogP contribution in [0.25, 0.3) is 0 Å². The van der Waals surface area contributed by atoms with Crippen molar-refractivity contribution < 1.29 is 34.2 Å². The number of likely N-dealkylation sites (N-methyl/N-ethyl adjacent to an activating group) is 1. The molecule has 3 rings (SSSR count). The van der Waals surface area contributed by atoms with Gasteiger partial charge in [0.2, 0.25) is 10.0 Å². The number of alkyl halides is 3. The average Bonchev–Trinajstić information content (AvgIpc) is 2.89. The van der Waals surface area contributed by atoms with Gasteiger partial charge in [0.1, 0.15) is 4.90 Å². The molecule has 0 amide bonds. The van der Waals surface area contributed by atoms with Gasteiger partial charge in [0, 0.05) is 25.3 Å². The molecule has 0 aromatic heterocycles. The van der Waals surface area contributed by atoms with Gasteiger partial charge in [-0.2, -0.15) is 25.9 Å². The monoisotopic (exact) mass is 566 g/mol. The van der Waals surface area contributed by atoms with Crippen molar-refractivity contribution >= 4 is 43.3 Å². The zero-order valence-corrected chi connectivity index (χ0v) is 22.8. The standard InChI is InChI=1S/C23H29F3N2O5S3/c1-5-7-13-22(6-2)16-28(17-11-9-8-10-12-17)18-14-20(34-4)19(33-36(31,32)23(24,25)26)15-21(18)35(29,30)27(22)3/h8-12,14-15H,5-7,13,16H2,1-4H3. The Bertz CT molecular complexity index is 1300. The lowest BCUT2D eigenvalue weighted by Crippen LogP contribution is -2.53. The summed E-state index contributed by atoms with van der Waals surface area (Å²) in [6.07, 6.45) is 4.20. The molecule has 0 fully saturated rings. The first kappa shape index (κ1) is 28.6. The minimum Gasteiger partial charge on any atom is -0.375 e. The van der Waals surface area contributed by atoms with Crippen LogP contribution in [0.15, 0.2) is 52.3 Å².